The molecule has 11 nitrogen and oxygen atoms in total. The van der Waals surface area contributed by atoms with Crippen molar-refractivity contribution in [3.05, 3.63) is 42.0 Å². The predicted molar refractivity (Wildman–Crippen MR) is 150 cm³/mol. The number of sulfone groups is 1. The van der Waals surface area contributed by atoms with Crippen LogP contribution in [-0.2, 0) is 19.5 Å². The molecule has 212 valence electrons. The average molecular weight is 586 g/mol. The van der Waals surface area contributed by atoms with Gasteiger partial charge in [0.1, 0.15) is 22.6 Å². The fraction of sp³-hybridized carbons (Fsp3) is 0.481. The third kappa shape index (κ3) is 5.97. The van der Waals surface area contributed by atoms with Gasteiger partial charge in [-0.25, -0.2) is 18.4 Å². The van der Waals surface area contributed by atoms with E-state index in [1.165, 1.54) is 23.5 Å². The normalized spacial score (nSPS) is 23.9. The van der Waals surface area contributed by atoms with Crippen LogP contribution in [0.2, 0.25) is 0 Å². The lowest BCUT2D eigenvalue weighted by Gasteiger charge is -2.12. The van der Waals surface area contributed by atoms with Crippen LogP contribution in [0.15, 0.2) is 46.4 Å². The second-order valence-corrected chi connectivity index (χ2v) is 13.8. The number of hydrogen-bond donors (Lipinski definition) is 2. The minimum absolute atomic E-state index is 0.0154. The first-order valence-electron chi connectivity index (χ1n) is 13.4. The van der Waals surface area contributed by atoms with E-state index in [0.29, 0.717) is 59.0 Å². The van der Waals surface area contributed by atoms with Gasteiger partial charge in [-0.05, 0) is 57.4 Å². The summed E-state index contributed by atoms with van der Waals surface area (Å²) in [5.41, 5.74) is 1.01. The molecular formula is C27H31N5O6S2. The molecule has 0 radical (unpaired) electrons. The van der Waals surface area contributed by atoms with Crippen molar-refractivity contribution >= 4 is 48.3 Å². The van der Waals surface area contributed by atoms with Crippen molar-refractivity contribution in [3.8, 4) is 5.88 Å². The van der Waals surface area contributed by atoms with Gasteiger partial charge in [0.15, 0.2) is 20.7 Å². The summed E-state index contributed by atoms with van der Waals surface area (Å²) in [6, 6.07) is 9.70. The maximum absolute atomic E-state index is 13.4. The zero-order valence-electron chi connectivity index (χ0n) is 22.0. The van der Waals surface area contributed by atoms with Crippen LogP contribution in [-0.4, -0.2) is 83.7 Å². The second kappa shape index (κ2) is 11.0. The number of ether oxygens (including phenoxy) is 1. The minimum Gasteiger partial charge on any atom is -0.473 e. The van der Waals surface area contributed by atoms with Crippen molar-refractivity contribution in [1.29, 1.82) is 0 Å². The van der Waals surface area contributed by atoms with Gasteiger partial charge in [-0.3, -0.25) is 10.1 Å². The molecule has 13 heteroatoms. The number of likely N-dealkylation sites (N-methyl/N-ethyl adjacent to an activating group) is 1. The highest BCUT2D eigenvalue weighted by Gasteiger charge is 2.37. The fourth-order valence-corrected chi connectivity index (χ4v) is 7.46. The Morgan fingerprint density at radius 3 is 2.55 bits per heavy atom. The Balaban J connectivity index is 1.21. The summed E-state index contributed by atoms with van der Waals surface area (Å²) in [4.78, 5) is 31.2. The van der Waals surface area contributed by atoms with Crippen molar-refractivity contribution in [3.63, 3.8) is 0 Å². The van der Waals surface area contributed by atoms with E-state index in [4.69, 9.17) is 9.57 Å². The molecule has 3 heterocycles. The number of carbonyl (C=O) groups excluding carboxylic acids is 1. The molecule has 0 unspecified atom stereocenters. The number of oxime groups is 1. The highest BCUT2D eigenvalue weighted by Crippen LogP contribution is 2.34. The summed E-state index contributed by atoms with van der Waals surface area (Å²) in [7, 11) is -1.31. The third-order valence-electron chi connectivity index (χ3n) is 7.37. The van der Waals surface area contributed by atoms with Crippen LogP contribution >= 0.6 is 11.3 Å². The zero-order valence-corrected chi connectivity index (χ0v) is 23.7. The van der Waals surface area contributed by atoms with Gasteiger partial charge in [0.2, 0.25) is 5.88 Å². The molecule has 40 heavy (non-hydrogen) atoms. The monoisotopic (exact) mass is 585 g/mol. The molecule has 1 amide bonds. The van der Waals surface area contributed by atoms with Crippen molar-refractivity contribution in [1.82, 2.24) is 14.9 Å². The highest BCUT2D eigenvalue weighted by molar-refractivity contribution is 7.92. The first-order chi connectivity index (χ1) is 19.2. The van der Waals surface area contributed by atoms with E-state index in [9.17, 15) is 18.3 Å². The Kier molecular flexibility index (Phi) is 7.46. The lowest BCUT2D eigenvalue weighted by molar-refractivity contribution is -0.110. The number of hydrogen-bond acceptors (Lipinski definition) is 11. The number of anilines is 1. The number of aromatic nitrogens is 2. The van der Waals surface area contributed by atoms with Gasteiger partial charge in [-0.2, -0.15) is 0 Å². The van der Waals surface area contributed by atoms with Crippen LogP contribution in [0.25, 0.3) is 10.3 Å². The van der Waals surface area contributed by atoms with Gasteiger partial charge in [-0.15, -0.1) is 0 Å². The SMILES string of the molecule is CN1CC[C@@H](Oc2ccc3nc(NC(=O)C(=NO[C@@H]4CC[C@@H](O)C4)c4ccc(S(=O)(=O)C5CC5)cc4)sc3n2)C1. The van der Waals surface area contributed by atoms with E-state index < -0.39 is 21.8 Å². The summed E-state index contributed by atoms with van der Waals surface area (Å²) in [6.07, 6.45) is 3.28. The Bertz CT molecular complexity index is 1540. The van der Waals surface area contributed by atoms with E-state index in [-0.39, 0.29) is 28.1 Å². The number of fused-ring (bicyclic) bond motifs is 1. The predicted octanol–water partition coefficient (Wildman–Crippen LogP) is 2.98. The first kappa shape index (κ1) is 27.1. The number of amides is 1. The maximum atomic E-state index is 13.4. The second-order valence-electron chi connectivity index (χ2n) is 10.6. The molecule has 1 aliphatic heterocycles. The number of aliphatic hydroxyl groups excluding tert-OH is 1. The Morgan fingerprint density at radius 1 is 1.07 bits per heavy atom. The van der Waals surface area contributed by atoms with E-state index in [2.05, 4.69) is 32.4 Å². The largest absolute Gasteiger partial charge is 0.473 e. The lowest BCUT2D eigenvalue weighted by atomic mass is 10.1. The number of nitrogens with zero attached hydrogens (tertiary/aromatic N) is 4. The lowest BCUT2D eigenvalue weighted by Crippen LogP contribution is -2.25. The third-order valence-corrected chi connectivity index (χ3v) is 10.5. The molecule has 1 saturated heterocycles. The quantitative estimate of drug-likeness (QED) is 0.286. The summed E-state index contributed by atoms with van der Waals surface area (Å²) >= 11 is 1.22. The van der Waals surface area contributed by atoms with Crippen LogP contribution in [0, 0.1) is 0 Å². The summed E-state index contributed by atoms with van der Waals surface area (Å²) in [5, 5.41) is 16.8. The highest BCUT2D eigenvalue weighted by atomic mass is 32.2. The molecular weight excluding hydrogens is 554 g/mol. The van der Waals surface area contributed by atoms with Gasteiger partial charge in [0, 0.05) is 31.1 Å². The smallest absolute Gasteiger partial charge is 0.280 e. The Morgan fingerprint density at radius 2 is 1.88 bits per heavy atom. The van der Waals surface area contributed by atoms with Gasteiger partial charge in [0.05, 0.1) is 16.2 Å². The number of nitrogens with one attached hydrogen (secondary N) is 1. The summed E-state index contributed by atoms with van der Waals surface area (Å²) in [6.45, 7) is 1.83. The average Bonchev–Trinajstić information content (AvgIpc) is 3.43. The zero-order chi connectivity index (χ0) is 27.9. The molecule has 3 aliphatic rings. The van der Waals surface area contributed by atoms with Crippen LogP contribution < -0.4 is 10.1 Å². The molecule has 3 fully saturated rings. The van der Waals surface area contributed by atoms with E-state index in [0.717, 1.165) is 19.5 Å². The fourth-order valence-electron chi connectivity index (χ4n) is 4.98. The van der Waals surface area contributed by atoms with Crippen LogP contribution in [0.3, 0.4) is 0 Å². The minimum atomic E-state index is -3.36. The molecule has 3 atom stereocenters. The number of carbonyl (C=O) groups is 1. The Labute approximate surface area is 236 Å². The van der Waals surface area contributed by atoms with Crippen LogP contribution in [0.5, 0.6) is 5.88 Å². The maximum Gasteiger partial charge on any atom is 0.280 e. The molecule has 1 aromatic carbocycles. The van der Waals surface area contributed by atoms with Crippen molar-refractivity contribution < 1.29 is 27.9 Å². The standard InChI is InChI=1S/C27H31N5O6S2/c1-32-13-12-19(15-32)37-23-11-10-22-26(29-23)39-27(28-22)30-25(34)24(31-38-18-5-4-17(33)14-18)16-2-6-20(7-3-16)40(35,36)21-8-9-21/h2-3,6-7,10-11,17-19,21,33H,4-5,8-9,12-15H2,1H3,(H,28,30,34)/t17-,18-,19-/m1/s1. The van der Waals surface area contributed by atoms with Crippen LogP contribution in [0.1, 0.15) is 44.1 Å². The molecule has 6 rings (SSSR count). The molecule has 2 aliphatic carbocycles. The van der Waals surface area contributed by atoms with Crippen molar-refractivity contribution in [2.24, 2.45) is 5.16 Å². The molecule has 3 aromatic rings. The molecule has 2 N–H and O–H groups in total. The number of benzene rings is 1. The van der Waals surface area contributed by atoms with Gasteiger partial charge in [0.25, 0.3) is 5.91 Å². The number of thiazole rings is 1. The van der Waals surface area contributed by atoms with Crippen molar-refractivity contribution in [2.75, 3.05) is 25.5 Å². The molecule has 0 spiro atoms. The van der Waals surface area contributed by atoms with E-state index >= 15 is 0 Å². The number of aliphatic hydroxyl groups is 1. The summed E-state index contributed by atoms with van der Waals surface area (Å²) < 4.78 is 31.3. The number of pyridine rings is 1. The van der Waals surface area contributed by atoms with Crippen LogP contribution in [0.4, 0.5) is 5.13 Å². The molecule has 0 bridgehead atoms. The Hall–Kier alpha value is -3.13. The van der Waals surface area contributed by atoms with Crippen molar-refractivity contribution in [2.45, 2.75) is 67.0 Å². The first-order valence-corrected chi connectivity index (χ1v) is 15.8. The van der Waals surface area contributed by atoms with Gasteiger partial charge in [-0.1, -0.05) is 28.6 Å². The molecule has 2 aromatic heterocycles. The van der Waals surface area contributed by atoms with E-state index in [1.807, 2.05) is 6.07 Å². The topological polar surface area (TPSA) is 143 Å². The van der Waals surface area contributed by atoms with Gasteiger partial charge < -0.3 is 19.6 Å². The molecule has 2 saturated carbocycles. The number of likely N-dealkylation sites (tertiary alicyclic amines) is 1. The van der Waals surface area contributed by atoms with Gasteiger partial charge >= 0.3 is 0 Å². The number of rotatable bonds is 9. The summed E-state index contributed by atoms with van der Waals surface area (Å²) in [5.74, 6) is -0.0363. The van der Waals surface area contributed by atoms with E-state index in [1.54, 1.807) is 18.2 Å².